The molecule has 0 heterocycles. The van der Waals surface area contributed by atoms with Gasteiger partial charge in [0, 0.05) is 5.56 Å². The van der Waals surface area contributed by atoms with Crippen LogP contribution in [0.25, 0.3) is 0 Å². The van der Waals surface area contributed by atoms with Crippen LogP contribution in [0.1, 0.15) is 37.8 Å². The van der Waals surface area contributed by atoms with E-state index in [0.29, 0.717) is 5.16 Å². The van der Waals surface area contributed by atoms with Gasteiger partial charge in [-0.2, -0.15) is 0 Å². The molecule has 0 aliphatic carbocycles. The highest BCUT2D eigenvalue weighted by Gasteiger charge is 2.14. The normalized spacial score (nSPS) is 11.9. The third-order valence-corrected chi connectivity index (χ3v) is 7.79. The molecule has 1 rings (SSSR count). The zero-order valence-corrected chi connectivity index (χ0v) is 13.0. The molecule has 1 atom stereocenters. The predicted molar refractivity (Wildman–Crippen MR) is 83.7 cm³/mol. The lowest BCUT2D eigenvalue weighted by Gasteiger charge is -2.20. The van der Waals surface area contributed by atoms with Crippen LogP contribution in [0, 0.1) is 12.3 Å². The largest absolute Gasteiger partial charge is 0.115 e. The molecule has 0 saturated carbocycles. The third kappa shape index (κ3) is 4.85. The number of aryl methyl sites for hydroxylation is 1. The van der Waals surface area contributed by atoms with Gasteiger partial charge in [0.05, 0.1) is 0 Å². The Bertz CT molecular complexity index is 359. The van der Waals surface area contributed by atoms with Crippen LogP contribution >= 0.6 is 28.3 Å². The van der Waals surface area contributed by atoms with Gasteiger partial charge in [0.15, 0.2) is 0 Å². The Morgan fingerprint density at radius 1 is 1.31 bits per heavy atom. The molecule has 2 heteroatoms. The highest BCUT2D eigenvalue weighted by Crippen LogP contribution is 2.41. The molecule has 0 bridgehead atoms. The molecule has 16 heavy (non-hydrogen) atoms. The summed E-state index contributed by atoms with van der Waals surface area (Å²) >= 11 is 2.50. The van der Waals surface area contributed by atoms with E-state index in [1.54, 1.807) is 0 Å². The minimum absolute atomic E-state index is 0.499. The molecule has 0 aromatic heterocycles. The fraction of sp³-hybridized carbons (Fsp3) is 0.429. The number of hydrogen-bond donors (Lipinski definition) is 0. The number of halogens is 1. The van der Waals surface area contributed by atoms with Gasteiger partial charge < -0.3 is 0 Å². The Morgan fingerprint density at radius 2 is 1.94 bits per heavy atom. The van der Waals surface area contributed by atoms with Crippen molar-refractivity contribution < 1.29 is 0 Å². The molecule has 0 aliphatic heterocycles. The first-order valence-electron chi connectivity index (χ1n) is 5.51. The molecule has 0 fully saturated rings. The van der Waals surface area contributed by atoms with E-state index in [1.165, 1.54) is 18.4 Å². The Morgan fingerprint density at radius 3 is 2.44 bits per heavy atom. The molecular formula is C14H18IP. The first-order chi connectivity index (χ1) is 7.57. The van der Waals surface area contributed by atoms with Crippen molar-refractivity contribution in [3.8, 4) is 12.3 Å². The smallest absolute Gasteiger partial charge is 0.0242 e. The number of rotatable bonds is 5. The van der Waals surface area contributed by atoms with Crippen molar-refractivity contribution in [2.45, 2.75) is 38.3 Å². The van der Waals surface area contributed by atoms with E-state index in [9.17, 15) is 0 Å². The van der Waals surface area contributed by atoms with E-state index in [0.717, 1.165) is 18.2 Å². The van der Waals surface area contributed by atoms with Crippen molar-refractivity contribution in [1.82, 2.24) is 0 Å². The highest BCUT2D eigenvalue weighted by molar-refractivity contribution is 14.2. The lowest BCUT2D eigenvalue weighted by atomic mass is 10.0. The summed E-state index contributed by atoms with van der Waals surface area (Å²) in [5, 5.41) is 0.499. The van der Waals surface area contributed by atoms with E-state index in [2.05, 4.69) is 53.9 Å². The monoisotopic (exact) mass is 344 g/mol. The molecule has 0 nitrogen and oxygen atoms in total. The zero-order valence-electron chi connectivity index (χ0n) is 9.89. The molecular weight excluding hydrogens is 326 g/mol. The van der Waals surface area contributed by atoms with E-state index < -0.39 is 0 Å². The van der Waals surface area contributed by atoms with Crippen LogP contribution in [0.15, 0.2) is 24.3 Å². The van der Waals surface area contributed by atoms with Crippen molar-refractivity contribution in [3.63, 3.8) is 0 Å². The van der Waals surface area contributed by atoms with Gasteiger partial charge in [0.2, 0.25) is 0 Å². The van der Waals surface area contributed by atoms with Crippen LogP contribution in [0.5, 0.6) is 0 Å². The molecule has 1 aromatic rings. The lowest BCUT2D eigenvalue weighted by molar-refractivity contribution is 0.600. The Hall–Kier alpha value is -0.0600. The summed E-state index contributed by atoms with van der Waals surface area (Å²) in [6.07, 6.45) is 10.0. The highest BCUT2D eigenvalue weighted by atomic mass is 127. The van der Waals surface area contributed by atoms with Crippen molar-refractivity contribution in [1.29, 1.82) is 0 Å². The molecule has 0 N–H and O–H groups in total. The second-order valence-corrected chi connectivity index (χ2v) is 7.83. The van der Waals surface area contributed by atoms with Gasteiger partial charge in [-0.3, -0.25) is 0 Å². The van der Waals surface area contributed by atoms with Gasteiger partial charge in [-0.1, -0.05) is 53.9 Å². The van der Waals surface area contributed by atoms with Crippen LogP contribution in [-0.4, -0.2) is 5.16 Å². The second kappa shape index (κ2) is 6.62. The van der Waals surface area contributed by atoms with E-state index in [4.69, 9.17) is 6.42 Å². The van der Waals surface area contributed by atoms with E-state index in [-0.39, 0.29) is 0 Å². The molecule has 86 valence electrons. The summed E-state index contributed by atoms with van der Waals surface area (Å²) in [4.78, 5) is 0. The Balaban J connectivity index is 2.41. The molecule has 0 amide bonds. The van der Waals surface area contributed by atoms with Gasteiger partial charge in [0.25, 0.3) is 0 Å². The first-order valence-corrected chi connectivity index (χ1v) is 9.62. The van der Waals surface area contributed by atoms with Gasteiger partial charge >= 0.3 is 0 Å². The summed E-state index contributed by atoms with van der Waals surface area (Å²) in [7, 11) is 0. The van der Waals surface area contributed by atoms with Crippen molar-refractivity contribution in [2.24, 2.45) is 0 Å². The minimum atomic E-state index is 0.499. The molecule has 0 saturated heterocycles. The average Bonchev–Trinajstić information content (AvgIpc) is 2.30. The maximum absolute atomic E-state index is 5.33. The Labute approximate surface area is 114 Å². The number of benzene rings is 1. The van der Waals surface area contributed by atoms with Crippen LogP contribution in [0.3, 0.4) is 0 Å². The fourth-order valence-electron chi connectivity index (χ4n) is 1.55. The fourth-order valence-corrected chi connectivity index (χ4v) is 2.63. The summed E-state index contributed by atoms with van der Waals surface area (Å²) in [6, 6.07) is 8.35. The van der Waals surface area contributed by atoms with Crippen LogP contribution in [0.2, 0.25) is 0 Å². The van der Waals surface area contributed by atoms with Gasteiger partial charge in [0.1, 0.15) is 0 Å². The average molecular weight is 344 g/mol. The SMILES string of the molecule is C#Cc1ccc(CCCC(C)(C)PI)cc1. The van der Waals surface area contributed by atoms with Crippen LogP contribution < -0.4 is 0 Å². The maximum Gasteiger partial charge on any atom is 0.0242 e. The number of terminal acetylenes is 1. The van der Waals surface area contributed by atoms with E-state index in [1.807, 2.05) is 12.1 Å². The summed E-state index contributed by atoms with van der Waals surface area (Å²) in [5.41, 5.74) is 2.37. The Kier molecular flexibility index (Phi) is 5.79. The van der Waals surface area contributed by atoms with Gasteiger partial charge in [-0.15, -0.1) is 6.42 Å². The summed E-state index contributed by atoms with van der Waals surface area (Å²) < 4.78 is 0. The minimum Gasteiger partial charge on any atom is -0.115 e. The quantitative estimate of drug-likeness (QED) is 0.409. The molecule has 0 radical (unpaired) electrons. The third-order valence-electron chi connectivity index (χ3n) is 2.64. The molecule has 1 unspecified atom stereocenters. The zero-order chi connectivity index (χ0) is 12.0. The summed E-state index contributed by atoms with van der Waals surface area (Å²) in [6.45, 7) is 4.69. The molecule has 1 aromatic carbocycles. The molecule has 0 aliphatic rings. The molecule has 0 spiro atoms. The van der Waals surface area contributed by atoms with Crippen molar-refractivity contribution in [2.75, 3.05) is 0 Å². The lowest BCUT2D eigenvalue weighted by Crippen LogP contribution is -2.10. The topological polar surface area (TPSA) is 0 Å². The first kappa shape index (κ1) is 14.0. The maximum atomic E-state index is 5.33. The van der Waals surface area contributed by atoms with Gasteiger partial charge in [-0.25, -0.2) is 0 Å². The van der Waals surface area contributed by atoms with Crippen LogP contribution in [0.4, 0.5) is 0 Å². The van der Waals surface area contributed by atoms with Crippen molar-refractivity contribution >= 4 is 28.3 Å². The second-order valence-electron chi connectivity index (χ2n) is 4.67. The van der Waals surface area contributed by atoms with Crippen molar-refractivity contribution in [3.05, 3.63) is 35.4 Å². The van der Waals surface area contributed by atoms with Gasteiger partial charge in [-0.05, 0) is 48.3 Å². The standard InChI is InChI=1S/C14H18IP/c1-4-12-7-9-13(10-8-12)6-5-11-14(2,3)16-15/h1,7-10,16H,5-6,11H2,2-3H3. The summed E-state index contributed by atoms with van der Waals surface area (Å²) in [5.74, 6) is 2.64. The van der Waals surface area contributed by atoms with E-state index >= 15 is 0 Å². The predicted octanol–water partition coefficient (Wildman–Crippen LogP) is 4.80. The number of hydrogen-bond acceptors (Lipinski definition) is 0. The van der Waals surface area contributed by atoms with Crippen LogP contribution in [-0.2, 0) is 6.42 Å².